The van der Waals surface area contributed by atoms with E-state index >= 15 is 0 Å². The van der Waals surface area contributed by atoms with E-state index in [2.05, 4.69) is 0 Å². The van der Waals surface area contributed by atoms with Gasteiger partial charge in [0.1, 0.15) is 10.6 Å². The number of nitrogens with zero attached hydrogens (tertiary/aromatic N) is 2. The van der Waals surface area contributed by atoms with Gasteiger partial charge in [-0.2, -0.15) is 0 Å². The first-order valence-electron chi connectivity index (χ1n) is 7.29. The fourth-order valence-corrected chi connectivity index (χ4v) is 3.47. The molecule has 2 rings (SSSR count). The van der Waals surface area contributed by atoms with Crippen LogP contribution < -0.4 is 4.74 Å². The Balaban J connectivity index is 2.39. The fraction of sp³-hybridized carbons (Fsp3) is 0.533. The number of carbonyl (C=O) groups excluding carboxylic acids is 1. The van der Waals surface area contributed by atoms with Gasteiger partial charge in [0.25, 0.3) is 5.91 Å². The van der Waals surface area contributed by atoms with Gasteiger partial charge in [-0.05, 0) is 25.1 Å². The smallest absolute Gasteiger partial charge is 0.254 e. The predicted octanol–water partition coefficient (Wildman–Crippen LogP) is 0.806. The minimum absolute atomic E-state index is 0.0165. The van der Waals surface area contributed by atoms with Crippen LogP contribution in [-0.2, 0) is 14.8 Å². The van der Waals surface area contributed by atoms with Crippen LogP contribution >= 0.6 is 0 Å². The molecule has 0 N–H and O–H groups in total. The van der Waals surface area contributed by atoms with Crippen molar-refractivity contribution in [1.82, 2.24) is 9.21 Å². The predicted molar refractivity (Wildman–Crippen MR) is 85.2 cm³/mol. The summed E-state index contributed by atoms with van der Waals surface area (Å²) in [4.78, 5) is 14.3. The number of benzene rings is 1. The maximum absolute atomic E-state index is 12.6. The highest BCUT2D eigenvalue weighted by atomic mass is 32.2. The lowest BCUT2D eigenvalue weighted by atomic mass is 10.1. The first-order chi connectivity index (χ1) is 10.8. The third kappa shape index (κ3) is 3.65. The Morgan fingerprint density at radius 2 is 2.09 bits per heavy atom. The molecular formula is C15H22N2O5S. The molecule has 1 unspecified atom stereocenters. The molecule has 1 amide bonds. The van der Waals surface area contributed by atoms with Crippen LogP contribution in [0.15, 0.2) is 23.1 Å². The zero-order chi connectivity index (χ0) is 17.2. The Bertz CT molecular complexity index is 687. The maximum Gasteiger partial charge on any atom is 0.254 e. The van der Waals surface area contributed by atoms with E-state index in [-0.39, 0.29) is 22.7 Å². The minimum Gasteiger partial charge on any atom is -0.495 e. The molecule has 128 valence electrons. The molecule has 23 heavy (non-hydrogen) atoms. The van der Waals surface area contributed by atoms with E-state index in [1.165, 1.54) is 33.3 Å². The van der Waals surface area contributed by atoms with Crippen LogP contribution in [0.3, 0.4) is 0 Å². The summed E-state index contributed by atoms with van der Waals surface area (Å²) < 4.78 is 36.5. The molecule has 1 saturated heterocycles. The zero-order valence-corrected chi connectivity index (χ0v) is 14.6. The lowest BCUT2D eigenvalue weighted by Crippen LogP contribution is -2.44. The second-order valence-corrected chi connectivity index (χ2v) is 7.71. The Morgan fingerprint density at radius 1 is 1.39 bits per heavy atom. The van der Waals surface area contributed by atoms with Crippen molar-refractivity contribution in [2.45, 2.75) is 17.9 Å². The molecule has 8 heteroatoms. The molecule has 1 aliphatic heterocycles. The molecule has 1 aromatic carbocycles. The van der Waals surface area contributed by atoms with Crippen LogP contribution in [0, 0.1) is 0 Å². The normalized spacial score (nSPS) is 19.0. The van der Waals surface area contributed by atoms with Gasteiger partial charge in [-0.25, -0.2) is 12.7 Å². The third-order valence-electron chi connectivity index (χ3n) is 3.70. The van der Waals surface area contributed by atoms with Gasteiger partial charge < -0.3 is 14.4 Å². The number of hydrogen-bond acceptors (Lipinski definition) is 5. The molecular weight excluding hydrogens is 320 g/mol. The summed E-state index contributed by atoms with van der Waals surface area (Å²) in [6.45, 7) is 3.35. The van der Waals surface area contributed by atoms with Crippen molar-refractivity contribution in [1.29, 1.82) is 0 Å². The summed E-state index contributed by atoms with van der Waals surface area (Å²) >= 11 is 0. The molecule has 1 aliphatic rings. The van der Waals surface area contributed by atoms with E-state index in [1.807, 2.05) is 6.92 Å². The number of carbonyl (C=O) groups is 1. The monoisotopic (exact) mass is 342 g/mol. The first kappa shape index (κ1) is 17.7. The van der Waals surface area contributed by atoms with Crippen LogP contribution in [0.4, 0.5) is 0 Å². The Morgan fingerprint density at radius 3 is 2.65 bits per heavy atom. The summed E-state index contributed by atoms with van der Waals surface area (Å²) in [6, 6.07) is 4.46. The molecule has 1 atom stereocenters. The maximum atomic E-state index is 12.6. The standard InChI is InChI=1S/C15H22N2O5S/c1-11-10-17(7-8-22-11)15(18)12-5-6-13(21-4)14(9-12)23(19,20)16(2)3/h5-6,9,11H,7-8,10H2,1-4H3. The molecule has 0 aliphatic carbocycles. The Labute approximate surface area is 136 Å². The molecule has 7 nitrogen and oxygen atoms in total. The molecule has 0 spiro atoms. The molecule has 1 aromatic rings. The van der Waals surface area contributed by atoms with Crippen LogP contribution in [0.25, 0.3) is 0 Å². The summed E-state index contributed by atoms with van der Waals surface area (Å²) in [6.07, 6.45) is -0.0315. The van der Waals surface area contributed by atoms with Crippen molar-refractivity contribution >= 4 is 15.9 Å². The highest BCUT2D eigenvalue weighted by Crippen LogP contribution is 2.27. The van der Waals surface area contributed by atoms with Crippen LogP contribution in [-0.4, -0.2) is 70.5 Å². The second kappa shape index (κ2) is 6.86. The number of ether oxygens (including phenoxy) is 2. The van der Waals surface area contributed by atoms with Crippen LogP contribution in [0.1, 0.15) is 17.3 Å². The Kier molecular flexibility index (Phi) is 5.28. The number of hydrogen-bond donors (Lipinski definition) is 0. The summed E-state index contributed by atoms with van der Waals surface area (Å²) in [5.41, 5.74) is 0.320. The first-order valence-corrected chi connectivity index (χ1v) is 8.73. The van der Waals surface area contributed by atoms with Crippen molar-refractivity contribution in [2.75, 3.05) is 40.9 Å². The molecule has 0 bridgehead atoms. The van der Waals surface area contributed by atoms with E-state index in [0.717, 1.165) is 4.31 Å². The number of methoxy groups -OCH3 is 1. The largest absolute Gasteiger partial charge is 0.495 e. The van der Waals surface area contributed by atoms with Gasteiger partial charge in [0.05, 0.1) is 19.8 Å². The minimum atomic E-state index is -3.70. The van der Waals surface area contributed by atoms with Crippen molar-refractivity contribution in [3.63, 3.8) is 0 Å². The second-order valence-electron chi connectivity index (χ2n) is 5.59. The number of rotatable bonds is 4. The third-order valence-corrected chi connectivity index (χ3v) is 5.53. The van der Waals surface area contributed by atoms with Gasteiger partial charge >= 0.3 is 0 Å². The summed E-state index contributed by atoms with van der Waals surface area (Å²) in [5, 5.41) is 0. The van der Waals surface area contributed by atoms with Crippen molar-refractivity contribution in [3.05, 3.63) is 23.8 Å². The lowest BCUT2D eigenvalue weighted by molar-refractivity contribution is -0.0124. The number of amides is 1. The van der Waals surface area contributed by atoms with Gasteiger partial charge in [0, 0.05) is 32.7 Å². The number of morpholine rings is 1. The molecule has 1 heterocycles. The highest BCUT2D eigenvalue weighted by molar-refractivity contribution is 7.89. The topological polar surface area (TPSA) is 76.1 Å². The highest BCUT2D eigenvalue weighted by Gasteiger charge is 2.27. The number of sulfonamides is 1. The van der Waals surface area contributed by atoms with E-state index in [4.69, 9.17) is 9.47 Å². The van der Waals surface area contributed by atoms with Gasteiger partial charge in [-0.15, -0.1) is 0 Å². The lowest BCUT2D eigenvalue weighted by Gasteiger charge is -2.31. The van der Waals surface area contributed by atoms with E-state index in [1.54, 1.807) is 11.0 Å². The van der Waals surface area contributed by atoms with Crippen molar-refractivity contribution in [3.8, 4) is 5.75 Å². The molecule has 0 saturated carbocycles. The van der Waals surface area contributed by atoms with Crippen LogP contribution in [0.5, 0.6) is 5.75 Å². The molecule has 0 radical (unpaired) electrons. The van der Waals surface area contributed by atoms with Crippen molar-refractivity contribution < 1.29 is 22.7 Å². The Hall–Kier alpha value is -1.64. The molecule has 0 aromatic heterocycles. The average molecular weight is 342 g/mol. The van der Waals surface area contributed by atoms with Gasteiger partial charge in [-0.3, -0.25) is 4.79 Å². The van der Waals surface area contributed by atoms with Crippen molar-refractivity contribution in [2.24, 2.45) is 0 Å². The zero-order valence-electron chi connectivity index (χ0n) is 13.8. The van der Waals surface area contributed by atoms with E-state index < -0.39 is 10.0 Å². The fourth-order valence-electron chi connectivity index (χ4n) is 2.39. The average Bonchev–Trinajstić information content (AvgIpc) is 2.53. The SMILES string of the molecule is COc1ccc(C(=O)N2CCOC(C)C2)cc1S(=O)(=O)N(C)C. The quantitative estimate of drug-likeness (QED) is 0.809. The molecule has 1 fully saturated rings. The summed E-state index contributed by atoms with van der Waals surface area (Å²) in [7, 11) is 0.569. The van der Waals surface area contributed by atoms with Gasteiger partial charge in [-0.1, -0.05) is 0 Å². The van der Waals surface area contributed by atoms with E-state index in [0.29, 0.717) is 25.3 Å². The summed E-state index contributed by atoms with van der Waals surface area (Å²) in [5.74, 6) is 0.00334. The van der Waals surface area contributed by atoms with E-state index in [9.17, 15) is 13.2 Å². The van der Waals surface area contributed by atoms with Gasteiger partial charge in [0.15, 0.2) is 0 Å². The van der Waals surface area contributed by atoms with Gasteiger partial charge in [0.2, 0.25) is 10.0 Å². The van der Waals surface area contributed by atoms with Crippen LogP contribution in [0.2, 0.25) is 0 Å².